The molecule has 1 saturated heterocycles. The fraction of sp³-hybridized carbons (Fsp3) is 0.471. The number of carbonyl (C=O) groups is 1. The fourth-order valence-corrected chi connectivity index (χ4v) is 3.28. The third-order valence-corrected chi connectivity index (χ3v) is 4.42. The summed E-state index contributed by atoms with van der Waals surface area (Å²) in [5.74, 6) is 1.59. The molecule has 1 atom stereocenters. The van der Waals surface area contributed by atoms with Crippen LogP contribution < -0.4 is 10.6 Å². The van der Waals surface area contributed by atoms with Crippen molar-refractivity contribution in [3.63, 3.8) is 0 Å². The third-order valence-electron chi connectivity index (χ3n) is 4.42. The van der Waals surface area contributed by atoms with Crippen molar-refractivity contribution in [2.24, 2.45) is 5.73 Å². The summed E-state index contributed by atoms with van der Waals surface area (Å²) in [5.41, 5.74) is 5.97. The van der Waals surface area contributed by atoms with Crippen LogP contribution in [0.3, 0.4) is 0 Å². The van der Waals surface area contributed by atoms with Crippen molar-refractivity contribution < 1.29 is 9.53 Å². The number of ether oxygens (including phenoxy) is 1. The van der Waals surface area contributed by atoms with Gasteiger partial charge in [-0.2, -0.15) is 0 Å². The Labute approximate surface area is 141 Å². The summed E-state index contributed by atoms with van der Waals surface area (Å²) in [6, 6.07) is 3.47. The van der Waals surface area contributed by atoms with Gasteiger partial charge in [-0.3, -0.25) is 4.79 Å². The Hall–Kier alpha value is -2.41. The third kappa shape index (κ3) is 3.41. The molecule has 1 aliphatic heterocycles. The summed E-state index contributed by atoms with van der Waals surface area (Å²) < 4.78 is 7.31. The van der Waals surface area contributed by atoms with E-state index in [2.05, 4.69) is 19.4 Å². The van der Waals surface area contributed by atoms with E-state index in [1.807, 2.05) is 12.4 Å². The van der Waals surface area contributed by atoms with E-state index in [1.165, 1.54) is 0 Å². The summed E-state index contributed by atoms with van der Waals surface area (Å²) in [6.45, 7) is 3.10. The van der Waals surface area contributed by atoms with Crippen molar-refractivity contribution in [2.45, 2.75) is 25.3 Å². The van der Waals surface area contributed by atoms with Crippen LogP contribution in [-0.2, 0) is 11.3 Å². The molecule has 3 heterocycles. The minimum Gasteiger partial charge on any atom is -0.383 e. The molecule has 128 valence electrons. The average molecular weight is 329 g/mol. The average Bonchev–Trinajstić information content (AvgIpc) is 3.08. The first-order valence-electron chi connectivity index (χ1n) is 8.20. The minimum atomic E-state index is -0.443. The Bertz CT molecular complexity index is 700. The molecule has 1 fully saturated rings. The molecule has 24 heavy (non-hydrogen) atoms. The molecule has 0 spiro atoms. The molecule has 2 aromatic heterocycles. The quantitative estimate of drug-likeness (QED) is 0.866. The molecule has 0 aliphatic carbocycles. The van der Waals surface area contributed by atoms with Gasteiger partial charge in [-0.1, -0.05) is 0 Å². The molecule has 0 aromatic carbocycles. The van der Waals surface area contributed by atoms with Crippen LogP contribution in [0.2, 0.25) is 0 Å². The van der Waals surface area contributed by atoms with E-state index in [4.69, 9.17) is 10.5 Å². The smallest absolute Gasteiger partial charge is 0.252 e. The standard InChI is InChI=1S/C17H23N5O2/c1-24-11-10-21-9-7-20-16(21)13-4-3-8-22(12-13)17-14(15(18)23)5-2-6-19-17/h2,5-7,9,13H,3-4,8,10-12H2,1H3,(H2,18,23). The minimum absolute atomic E-state index is 0.299. The Kier molecular flexibility index (Phi) is 5.10. The number of aromatic nitrogens is 3. The predicted octanol–water partition coefficient (Wildman–Crippen LogP) is 1.41. The first kappa shape index (κ1) is 16.4. The van der Waals surface area contributed by atoms with Gasteiger partial charge in [0.05, 0.1) is 12.2 Å². The molecule has 3 rings (SSSR count). The first-order valence-corrected chi connectivity index (χ1v) is 8.20. The lowest BCUT2D eigenvalue weighted by atomic mass is 9.96. The molecule has 0 saturated carbocycles. The van der Waals surface area contributed by atoms with Gasteiger partial charge >= 0.3 is 0 Å². The second-order valence-corrected chi connectivity index (χ2v) is 6.00. The SMILES string of the molecule is COCCn1ccnc1C1CCCN(c2ncccc2C(N)=O)C1. The summed E-state index contributed by atoms with van der Waals surface area (Å²) >= 11 is 0. The van der Waals surface area contributed by atoms with Crippen molar-refractivity contribution in [3.8, 4) is 0 Å². The van der Waals surface area contributed by atoms with Crippen molar-refractivity contribution in [3.05, 3.63) is 42.1 Å². The number of nitrogens with zero attached hydrogens (tertiary/aromatic N) is 4. The lowest BCUT2D eigenvalue weighted by molar-refractivity contribution is 0.100. The molecule has 7 nitrogen and oxygen atoms in total. The Morgan fingerprint density at radius 3 is 3.08 bits per heavy atom. The van der Waals surface area contributed by atoms with Gasteiger partial charge in [0, 0.05) is 51.3 Å². The number of imidazole rings is 1. The van der Waals surface area contributed by atoms with Crippen molar-refractivity contribution in [2.75, 3.05) is 31.7 Å². The van der Waals surface area contributed by atoms with Crippen LogP contribution in [-0.4, -0.2) is 47.2 Å². The molecule has 1 aliphatic rings. The first-order chi connectivity index (χ1) is 11.7. The van der Waals surface area contributed by atoms with Gasteiger partial charge in [0.25, 0.3) is 5.91 Å². The van der Waals surface area contributed by atoms with Gasteiger partial charge < -0.3 is 19.9 Å². The number of piperidine rings is 1. The number of nitrogens with two attached hydrogens (primary N) is 1. The number of rotatable bonds is 6. The second-order valence-electron chi connectivity index (χ2n) is 6.00. The zero-order valence-corrected chi connectivity index (χ0v) is 13.9. The molecule has 0 bridgehead atoms. The predicted molar refractivity (Wildman–Crippen MR) is 91.0 cm³/mol. The maximum Gasteiger partial charge on any atom is 0.252 e. The summed E-state index contributed by atoms with van der Waals surface area (Å²) in [6.07, 6.45) is 7.61. The highest BCUT2D eigenvalue weighted by atomic mass is 16.5. The monoisotopic (exact) mass is 329 g/mol. The van der Waals surface area contributed by atoms with E-state index >= 15 is 0 Å². The van der Waals surface area contributed by atoms with Crippen LogP contribution in [0.1, 0.15) is 34.9 Å². The van der Waals surface area contributed by atoms with Crippen LogP contribution >= 0.6 is 0 Å². The Morgan fingerprint density at radius 1 is 1.42 bits per heavy atom. The lowest BCUT2D eigenvalue weighted by Crippen LogP contribution is -2.37. The number of hydrogen-bond donors (Lipinski definition) is 1. The highest BCUT2D eigenvalue weighted by Crippen LogP contribution is 2.29. The summed E-state index contributed by atoms with van der Waals surface area (Å²) in [7, 11) is 1.70. The zero-order valence-electron chi connectivity index (χ0n) is 13.9. The number of amides is 1. The Morgan fingerprint density at radius 2 is 2.29 bits per heavy atom. The van der Waals surface area contributed by atoms with E-state index in [1.54, 1.807) is 25.4 Å². The number of primary amides is 1. The van der Waals surface area contributed by atoms with Crippen molar-refractivity contribution >= 4 is 11.7 Å². The van der Waals surface area contributed by atoms with Gasteiger partial charge in [-0.05, 0) is 25.0 Å². The molecule has 1 unspecified atom stereocenters. The Balaban J connectivity index is 1.80. The zero-order chi connectivity index (χ0) is 16.9. The largest absolute Gasteiger partial charge is 0.383 e. The van der Waals surface area contributed by atoms with Crippen LogP contribution in [0.15, 0.2) is 30.7 Å². The second kappa shape index (κ2) is 7.44. The van der Waals surface area contributed by atoms with Crippen LogP contribution in [0.5, 0.6) is 0 Å². The van der Waals surface area contributed by atoms with Gasteiger partial charge in [-0.25, -0.2) is 9.97 Å². The van der Waals surface area contributed by atoms with E-state index in [-0.39, 0.29) is 0 Å². The molecule has 2 N–H and O–H groups in total. The number of hydrogen-bond acceptors (Lipinski definition) is 5. The van der Waals surface area contributed by atoms with E-state index < -0.39 is 5.91 Å². The van der Waals surface area contributed by atoms with Gasteiger partial charge in [0.1, 0.15) is 11.6 Å². The summed E-state index contributed by atoms with van der Waals surface area (Å²) in [4.78, 5) is 22.8. The maximum absolute atomic E-state index is 11.7. The van der Waals surface area contributed by atoms with Crippen LogP contribution in [0.25, 0.3) is 0 Å². The van der Waals surface area contributed by atoms with Crippen molar-refractivity contribution in [1.29, 1.82) is 0 Å². The maximum atomic E-state index is 11.7. The number of carbonyl (C=O) groups excluding carboxylic acids is 1. The van der Waals surface area contributed by atoms with Crippen LogP contribution in [0.4, 0.5) is 5.82 Å². The molecule has 1 amide bonds. The van der Waals surface area contributed by atoms with E-state index in [0.29, 0.717) is 23.9 Å². The topological polar surface area (TPSA) is 86.3 Å². The number of pyridine rings is 1. The number of anilines is 1. The van der Waals surface area contributed by atoms with Gasteiger partial charge in [-0.15, -0.1) is 0 Å². The highest BCUT2D eigenvalue weighted by Gasteiger charge is 2.27. The van der Waals surface area contributed by atoms with E-state index in [9.17, 15) is 4.79 Å². The van der Waals surface area contributed by atoms with Gasteiger partial charge in [0.2, 0.25) is 0 Å². The normalized spacial score (nSPS) is 17.9. The fourth-order valence-electron chi connectivity index (χ4n) is 3.28. The van der Waals surface area contributed by atoms with Crippen molar-refractivity contribution in [1.82, 2.24) is 14.5 Å². The lowest BCUT2D eigenvalue weighted by Gasteiger charge is -2.34. The molecular formula is C17H23N5O2. The van der Waals surface area contributed by atoms with E-state index in [0.717, 1.165) is 38.3 Å². The molecular weight excluding hydrogens is 306 g/mol. The molecule has 2 aromatic rings. The summed E-state index contributed by atoms with van der Waals surface area (Å²) in [5, 5.41) is 0. The molecule has 7 heteroatoms. The highest BCUT2D eigenvalue weighted by molar-refractivity contribution is 5.97. The van der Waals surface area contributed by atoms with Gasteiger partial charge in [0.15, 0.2) is 0 Å². The number of methoxy groups -OCH3 is 1. The molecule has 0 radical (unpaired) electrons. The van der Waals surface area contributed by atoms with Crippen LogP contribution in [0, 0.1) is 0 Å².